The molecule has 0 aliphatic carbocycles. The predicted octanol–water partition coefficient (Wildman–Crippen LogP) is -2.86. The van der Waals surface area contributed by atoms with Gasteiger partial charge in [0.05, 0.1) is 0 Å². The molecule has 2 aromatic carbocycles. The zero-order valence-corrected chi connectivity index (χ0v) is 18.5. The normalized spacial score (nSPS) is 13.8. The maximum atomic E-state index is 11.8. The minimum absolute atomic E-state index is 0. The number of benzene rings is 2. The summed E-state index contributed by atoms with van der Waals surface area (Å²) in [6, 6.07) is 10.5. The molecule has 10 nitrogen and oxygen atoms in total. The molecule has 0 aromatic heterocycles. The second kappa shape index (κ2) is 9.55. The van der Waals surface area contributed by atoms with E-state index in [0.29, 0.717) is 11.1 Å². The molecule has 0 radical (unpaired) electrons. The Morgan fingerprint density at radius 2 is 0.862 bits per heavy atom. The largest absolute Gasteiger partial charge is 1.00 e. The van der Waals surface area contributed by atoms with E-state index in [0.717, 1.165) is 0 Å². The van der Waals surface area contributed by atoms with E-state index in [1.54, 1.807) is 0 Å². The van der Waals surface area contributed by atoms with Crippen LogP contribution in [0.5, 0.6) is 0 Å². The van der Waals surface area contributed by atoms with Crippen molar-refractivity contribution >= 4 is 31.8 Å². The number of ketones is 2. The van der Waals surface area contributed by atoms with Crippen molar-refractivity contribution in [3.63, 3.8) is 0 Å². The van der Waals surface area contributed by atoms with Crippen molar-refractivity contribution in [1.82, 2.24) is 0 Å². The number of hydrogen-bond donors (Lipinski definition) is 4. The van der Waals surface area contributed by atoms with Crippen molar-refractivity contribution in [3.8, 4) is 11.1 Å². The van der Waals surface area contributed by atoms with E-state index in [1.165, 1.54) is 48.5 Å². The van der Waals surface area contributed by atoms with Crippen LogP contribution in [0.1, 0.15) is 20.7 Å². The van der Waals surface area contributed by atoms with Gasteiger partial charge in [-0.1, -0.05) is 48.5 Å². The van der Waals surface area contributed by atoms with Gasteiger partial charge in [-0.2, -0.15) is 16.8 Å². The summed E-state index contributed by atoms with van der Waals surface area (Å²) in [5.74, 6) is -2.43. The molecule has 0 heterocycles. The van der Waals surface area contributed by atoms with Crippen LogP contribution >= 0.6 is 0 Å². The Bertz CT molecular complexity index is 1020. The average molecular weight is 453 g/mol. The smallest absolute Gasteiger partial charge is 0.369 e. The molecule has 2 rings (SSSR count). The number of Topliss-reactive ketones (excluding diaryl/α,β-unsaturated/α-hetero) is 2. The van der Waals surface area contributed by atoms with Gasteiger partial charge in [-0.15, -0.1) is 0 Å². The molecular weight excluding hydrogens is 439 g/mol. The third-order valence-electron chi connectivity index (χ3n) is 3.69. The maximum absolute atomic E-state index is 11.8. The molecule has 150 valence electrons. The number of rotatable bonds is 7. The Balaban J connectivity index is 0.00000420. The van der Waals surface area contributed by atoms with Crippen molar-refractivity contribution in [2.45, 2.75) is 10.9 Å². The maximum Gasteiger partial charge on any atom is 1.00 e. The van der Waals surface area contributed by atoms with Gasteiger partial charge in [-0.3, -0.25) is 18.7 Å². The monoisotopic (exact) mass is 453 g/mol. The van der Waals surface area contributed by atoms with Gasteiger partial charge < -0.3 is 10.2 Å². The first-order valence-corrected chi connectivity index (χ1v) is 10.4. The van der Waals surface area contributed by atoms with Gasteiger partial charge in [0.25, 0.3) is 20.2 Å². The molecule has 0 aliphatic rings. The molecule has 29 heavy (non-hydrogen) atoms. The molecular formula is C16H14NaO10S2+. The van der Waals surface area contributed by atoms with Crippen LogP contribution in [0.4, 0.5) is 0 Å². The van der Waals surface area contributed by atoms with Crippen LogP contribution in [-0.2, 0) is 20.2 Å². The summed E-state index contributed by atoms with van der Waals surface area (Å²) >= 11 is 0. The van der Waals surface area contributed by atoms with Gasteiger partial charge in [-0.05, 0) is 11.1 Å². The summed E-state index contributed by atoms with van der Waals surface area (Å²) in [6.45, 7) is 0. The standard InChI is InChI=1S/C16H14O10S2.Na/c17-13(15(19)27(21,22)23)11-5-1-9(2-6-11)10-3-7-12(8-4-10)14(18)16(20)28(24,25)26;/h1-8,15-16,19-20H,(H,21,22,23)(H,24,25,26);/q;+1. The van der Waals surface area contributed by atoms with Crippen molar-refractivity contribution in [1.29, 1.82) is 0 Å². The molecule has 4 N–H and O–H groups in total. The summed E-state index contributed by atoms with van der Waals surface area (Å²) in [5.41, 5.74) is -4.50. The molecule has 13 heteroatoms. The molecule has 0 bridgehead atoms. The fraction of sp³-hybridized carbons (Fsp3) is 0.125. The Hall–Kier alpha value is -1.48. The Labute approximate surface area is 188 Å². The van der Waals surface area contributed by atoms with Crippen LogP contribution in [0, 0.1) is 0 Å². The minimum Gasteiger partial charge on any atom is -0.369 e. The zero-order chi connectivity index (χ0) is 21.3. The van der Waals surface area contributed by atoms with E-state index in [9.17, 15) is 36.6 Å². The van der Waals surface area contributed by atoms with Gasteiger partial charge in [0, 0.05) is 11.1 Å². The zero-order valence-electron chi connectivity index (χ0n) is 14.8. The molecule has 0 saturated carbocycles. The summed E-state index contributed by atoms with van der Waals surface area (Å²) < 4.78 is 60.7. The van der Waals surface area contributed by atoms with Gasteiger partial charge in [0.2, 0.25) is 22.4 Å². The van der Waals surface area contributed by atoms with Crippen LogP contribution in [0.3, 0.4) is 0 Å². The molecule has 2 unspecified atom stereocenters. The molecule has 0 aliphatic heterocycles. The molecule has 2 aromatic rings. The summed E-state index contributed by atoms with van der Waals surface area (Å²) in [6.07, 6.45) is 0. The van der Waals surface area contributed by atoms with E-state index in [-0.39, 0.29) is 40.7 Å². The van der Waals surface area contributed by atoms with E-state index in [1.807, 2.05) is 0 Å². The van der Waals surface area contributed by atoms with Crippen LogP contribution < -0.4 is 29.6 Å². The van der Waals surface area contributed by atoms with Crippen molar-refractivity contribution < 1.29 is 75.3 Å². The Morgan fingerprint density at radius 3 is 1.07 bits per heavy atom. The van der Waals surface area contributed by atoms with Crippen molar-refractivity contribution in [3.05, 3.63) is 59.7 Å². The van der Waals surface area contributed by atoms with Crippen LogP contribution in [0.2, 0.25) is 0 Å². The number of carbonyl (C=O) groups excluding carboxylic acids is 2. The predicted molar refractivity (Wildman–Crippen MR) is 95.6 cm³/mol. The van der Waals surface area contributed by atoms with Gasteiger partial charge in [0.15, 0.2) is 0 Å². The van der Waals surface area contributed by atoms with Crippen molar-refractivity contribution in [2.24, 2.45) is 0 Å². The van der Waals surface area contributed by atoms with E-state index < -0.39 is 42.7 Å². The third-order valence-corrected chi connectivity index (χ3v) is 5.24. The third kappa shape index (κ3) is 6.25. The first-order chi connectivity index (χ1) is 12.8. The van der Waals surface area contributed by atoms with Crippen molar-refractivity contribution in [2.75, 3.05) is 0 Å². The number of aliphatic hydroxyl groups is 2. The molecule has 0 amide bonds. The molecule has 0 spiro atoms. The summed E-state index contributed by atoms with van der Waals surface area (Å²) in [7, 11) is -9.90. The second-order valence-electron chi connectivity index (χ2n) is 5.62. The quantitative estimate of drug-likeness (QED) is 0.193. The fourth-order valence-electron chi connectivity index (χ4n) is 2.21. The topological polar surface area (TPSA) is 183 Å². The Morgan fingerprint density at radius 1 is 0.621 bits per heavy atom. The summed E-state index contributed by atoms with van der Waals surface area (Å²) in [5, 5.41) is 18.6. The van der Waals surface area contributed by atoms with E-state index in [4.69, 9.17) is 9.11 Å². The van der Waals surface area contributed by atoms with E-state index >= 15 is 0 Å². The second-order valence-corrected chi connectivity index (χ2v) is 8.57. The first kappa shape index (κ1) is 25.6. The first-order valence-electron chi connectivity index (χ1n) is 7.40. The molecule has 0 saturated heterocycles. The summed E-state index contributed by atoms with van der Waals surface area (Å²) in [4.78, 5) is 23.6. The Kier molecular flexibility index (Phi) is 8.42. The van der Waals surface area contributed by atoms with Gasteiger partial charge >= 0.3 is 29.6 Å². The van der Waals surface area contributed by atoms with Crippen LogP contribution in [0.25, 0.3) is 11.1 Å². The number of hydrogen-bond acceptors (Lipinski definition) is 8. The van der Waals surface area contributed by atoms with Crippen LogP contribution in [-0.4, -0.2) is 58.6 Å². The van der Waals surface area contributed by atoms with Crippen LogP contribution in [0.15, 0.2) is 48.5 Å². The number of aliphatic hydroxyl groups excluding tert-OH is 2. The number of carbonyl (C=O) groups is 2. The molecule has 0 fully saturated rings. The minimum atomic E-state index is -4.95. The SMILES string of the molecule is O=C(c1ccc(-c2ccc(C(=O)C(O)S(=O)(=O)O)cc2)cc1)C(O)S(=O)(=O)O.[Na+]. The van der Waals surface area contributed by atoms with Gasteiger partial charge in [-0.25, -0.2) is 0 Å². The fourth-order valence-corrected chi connectivity index (χ4v) is 3.02. The van der Waals surface area contributed by atoms with E-state index in [2.05, 4.69) is 0 Å². The van der Waals surface area contributed by atoms with Gasteiger partial charge in [0.1, 0.15) is 0 Å². The molecule has 2 atom stereocenters. The average Bonchev–Trinajstić information content (AvgIpc) is 2.64.